The SMILES string of the molecule is CC1c2cccn2CCN1C(=O)Cn1ncc2ccccc21. The highest BCUT2D eigenvalue weighted by atomic mass is 16.2. The Kier molecular flexibility index (Phi) is 2.99. The molecule has 3 heterocycles. The third-order valence-electron chi connectivity index (χ3n) is 4.50. The van der Waals surface area contributed by atoms with Crippen LogP contribution in [0.2, 0.25) is 0 Å². The topological polar surface area (TPSA) is 43.1 Å². The summed E-state index contributed by atoms with van der Waals surface area (Å²) in [5.74, 6) is 0.119. The summed E-state index contributed by atoms with van der Waals surface area (Å²) in [6, 6.07) is 12.2. The van der Waals surface area contributed by atoms with Crippen molar-refractivity contribution in [2.24, 2.45) is 0 Å². The Labute approximate surface area is 128 Å². The number of carbonyl (C=O) groups excluding carboxylic acids is 1. The van der Waals surface area contributed by atoms with E-state index >= 15 is 0 Å². The molecule has 0 spiro atoms. The first kappa shape index (κ1) is 13.1. The number of carbonyl (C=O) groups is 1. The molecule has 5 nitrogen and oxygen atoms in total. The van der Waals surface area contributed by atoms with Crippen molar-refractivity contribution in [3.05, 3.63) is 54.5 Å². The zero-order valence-corrected chi connectivity index (χ0v) is 12.5. The van der Waals surface area contributed by atoms with Crippen molar-refractivity contribution in [2.45, 2.75) is 26.1 Å². The van der Waals surface area contributed by atoms with Crippen LogP contribution in [0.5, 0.6) is 0 Å². The van der Waals surface area contributed by atoms with E-state index < -0.39 is 0 Å². The summed E-state index contributed by atoms with van der Waals surface area (Å²) < 4.78 is 4.01. The Morgan fingerprint density at radius 3 is 3.00 bits per heavy atom. The van der Waals surface area contributed by atoms with Crippen LogP contribution >= 0.6 is 0 Å². The molecule has 5 heteroatoms. The lowest BCUT2D eigenvalue weighted by atomic mass is 10.1. The predicted octanol–water partition coefficient (Wildman–Crippen LogP) is 2.44. The zero-order chi connectivity index (χ0) is 15.1. The third-order valence-corrected chi connectivity index (χ3v) is 4.50. The van der Waals surface area contributed by atoms with E-state index in [0.29, 0.717) is 6.54 Å². The van der Waals surface area contributed by atoms with Gasteiger partial charge in [0.05, 0.1) is 17.8 Å². The summed E-state index contributed by atoms with van der Waals surface area (Å²) in [6.45, 7) is 3.99. The lowest BCUT2D eigenvalue weighted by Crippen LogP contribution is -2.42. The molecule has 4 rings (SSSR count). The summed E-state index contributed by atoms with van der Waals surface area (Å²) in [5, 5.41) is 5.42. The standard InChI is InChI=1S/C17H18N4O/c1-13-15-7-4-8-19(15)9-10-20(13)17(22)12-21-16-6-3-2-5-14(16)11-18-21/h2-8,11,13H,9-10,12H2,1H3. The van der Waals surface area contributed by atoms with Crippen LogP contribution in [-0.4, -0.2) is 31.7 Å². The molecule has 1 aromatic carbocycles. The molecule has 0 fully saturated rings. The van der Waals surface area contributed by atoms with Gasteiger partial charge in [-0.25, -0.2) is 0 Å². The number of nitrogens with zero attached hydrogens (tertiary/aromatic N) is 4. The van der Waals surface area contributed by atoms with Gasteiger partial charge in [0.1, 0.15) is 6.54 Å². The number of hydrogen-bond acceptors (Lipinski definition) is 2. The Balaban J connectivity index is 1.58. The minimum absolute atomic E-state index is 0.109. The quantitative estimate of drug-likeness (QED) is 0.728. The van der Waals surface area contributed by atoms with E-state index in [-0.39, 0.29) is 11.9 Å². The van der Waals surface area contributed by atoms with Crippen molar-refractivity contribution >= 4 is 16.8 Å². The van der Waals surface area contributed by atoms with Crippen LogP contribution in [-0.2, 0) is 17.9 Å². The van der Waals surface area contributed by atoms with Crippen LogP contribution < -0.4 is 0 Å². The molecule has 0 bridgehead atoms. The molecule has 0 N–H and O–H groups in total. The van der Waals surface area contributed by atoms with Crippen molar-refractivity contribution < 1.29 is 4.79 Å². The van der Waals surface area contributed by atoms with Gasteiger partial charge in [0.15, 0.2) is 0 Å². The number of aromatic nitrogens is 3. The van der Waals surface area contributed by atoms with E-state index in [1.54, 1.807) is 4.68 Å². The molecule has 1 unspecified atom stereocenters. The van der Waals surface area contributed by atoms with Gasteiger partial charge in [-0.2, -0.15) is 5.10 Å². The van der Waals surface area contributed by atoms with E-state index in [0.717, 1.165) is 24.0 Å². The fourth-order valence-corrected chi connectivity index (χ4v) is 3.29. The molecule has 1 atom stereocenters. The summed E-state index contributed by atoms with van der Waals surface area (Å²) in [4.78, 5) is 14.7. The number of fused-ring (bicyclic) bond motifs is 2. The largest absolute Gasteiger partial charge is 0.348 e. The summed E-state index contributed by atoms with van der Waals surface area (Å²) in [5.41, 5.74) is 2.20. The second-order valence-corrected chi connectivity index (χ2v) is 5.75. The molecule has 112 valence electrons. The van der Waals surface area contributed by atoms with Gasteiger partial charge in [-0.15, -0.1) is 0 Å². The number of benzene rings is 1. The molecule has 2 aromatic heterocycles. The average Bonchev–Trinajstić information content (AvgIpc) is 3.15. The average molecular weight is 294 g/mol. The number of rotatable bonds is 2. The molecule has 1 aliphatic heterocycles. The first-order chi connectivity index (χ1) is 10.7. The molecule has 0 aliphatic carbocycles. The molecular formula is C17H18N4O. The Morgan fingerprint density at radius 1 is 1.23 bits per heavy atom. The summed E-state index contributed by atoms with van der Waals surface area (Å²) in [7, 11) is 0. The number of para-hydroxylation sites is 1. The van der Waals surface area contributed by atoms with Gasteiger partial charge in [-0.1, -0.05) is 18.2 Å². The number of amides is 1. The van der Waals surface area contributed by atoms with Gasteiger partial charge in [0.25, 0.3) is 0 Å². The fourth-order valence-electron chi connectivity index (χ4n) is 3.29. The van der Waals surface area contributed by atoms with Crippen LogP contribution in [0.25, 0.3) is 10.9 Å². The zero-order valence-electron chi connectivity index (χ0n) is 12.5. The normalized spacial score (nSPS) is 17.7. The molecule has 0 saturated heterocycles. The van der Waals surface area contributed by atoms with E-state index in [1.165, 1.54) is 5.69 Å². The van der Waals surface area contributed by atoms with Gasteiger partial charge in [0, 0.05) is 30.4 Å². The minimum atomic E-state index is 0.109. The van der Waals surface area contributed by atoms with Gasteiger partial charge < -0.3 is 9.47 Å². The summed E-state index contributed by atoms with van der Waals surface area (Å²) >= 11 is 0. The monoisotopic (exact) mass is 294 g/mol. The van der Waals surface area contributed by atoms with E-state index in [1.807, 2.05) is 41.4 Å². The van der Waals surface area contributed by atoms with Crippen LogP contribution in [0, 0.1) is 0 Å². The van der Waals surface area contributed by atoms with Gasteiger partial charge in [-0.3, -0.25) is 9.48 Å². The van der Waals surface area contributed by atoms with Crippen molar-refractivity contribution in [1.82, 2.24) is 19.2 Å². The molecule has 1 amide bonds. The minimum Gasteiger partial charge on any atom is -0.348 e. The third kappa shape index (κ3) is 2.01. The highest BCUT2D eigenvalue weighted by molar-refractivity contribution is 5.82. The van der Waals surface area contributed by atoms with Crippen LogP contribution in [0.3, 0.4) is 0 Å². The second kappa shape index (κ2) is 5.02. The molecule has 0 saturated carbocycles. The van der Waals surface area contributed by atoms with Crippen LogP contribution in [0.15, 0.2) is 48.8 Å². The second-order valence-electron chi connectivity index (χ2n) is 5.75. The summed E-state index contributed by atoms with van der Waals surface area (Å²) in [6.07, 6.45) is 3.89. The molecule has 3 aromatic rings. The van der Waals surface area contributed by atoms with Gasteiger partial charge >= 0.3 is 0 Å². The van der Waals surface area contributed by atoms with E-state index in [4.69, 9.17) is 0 Å². The Morgan fingerprint density at radius 2 is 2.09 bits per heavy atom. The first-order valence-electron chi connectivity index (χ1n) is 7.59. The van der Waals surface area contributed by atoms with Gasteiger partial charge in [0.2, 0.25) is 5.91 Å². The lowest BCUT2D eigenvalue weighted by molar-refractivity contribution is -0.135. The number of hydrogen-bond donors (Lipinski definition) is 0. The predicted molar refractivity (Wildman–Crippen MR) is 84.3 cm³/mol. The molecule has 1 aliphatic rings. The van der Waals surface area contributed by atoms with Crippen LogP contribution in [0.4, 0.5) is 0 Å². The Hall–Kier alpha value is -2.56. The Bertz CT molecular complexity index is 832. The smallest absolute Gasteiger partial charge is 0.244 e. The lowest BCUT2D eigenvalue weighted by Gasteiger charge is -2.35. The maximum Gasteiger partial charge on any atom is 0.244 e. The highest BCUT2D eigenvalue weighted by Crippen LogP contribution is 2.25. The van der Waals surface area contributed by atoms with E-state index in [2.05, 4.69) is 28.9 Å². The molecule has 22 heavy (non-hydrogen) atoms. The van der Waals surface area contributed by atoms with Crippen molar-refractivity contribution in [3.8, 4) is 0 Å². The van der Waals surface area contributed by atoms with Crippen molar-refractivity contribution in [1.29, 1.82) is 0 Å². The maximum absolute atomic E-state index is 12.7. The molecular weight excluding hydrogens is 276 g/mol. The van der Waals surface area contributed by atoms with Crippen molar-refractivity contribution in [2.75, 3.05) is 6.54 Å². The first-order valence-corrected chi connectivity index (χ1v) is 7.59. The van der Waals surface area contributed by atoms with E-state index in [9.17, 15) is 4.79 Å². The van der Waals surface area contributed by atoms with Crippen LogP contribution in [0.1, 0.15) is 18.7 Å². The molecule has 0 radical (unpaired) electrons. The van der Waals surface area contributed by atoms with Gasteiger partial charge in [-0.05, 0) is 25.1 Å². The highest BCUT2D eigenvalue weighted by Gasteiger charge is 2.27. The van der Waals surface area contributed by atoms with Crippen molar-refractivity contribution in [3.63, 3.8) is 0 Å². The fraction of sp³-hybridized carbons (Fsp3) is 0.294. The maximum atomic E-state index is 12.7.